The molecule has 0 fully saturated rings. The number of allylic oxidation sites excluding steroid dienone is 1. The lowest BCUT2D eigenvalue weighted by atomic mass is 10.1. The number of carbonyl (C=O) groups is 1. The third-order valence-corrected chi connectivity index (χ3v) is 3.86. The number of carbonyl (C=O) groups excluding carboxylic acids is 1. The highest BCUT2D eigenvalue weighted by atomic mass is 35.5. The Balaban J connectivity index is 3.57. The van der Waals surface area contributed by atoms with Crippen LogP contribution in [0.25, 0.3) is 6.08 Å². The van der Waals surface area contributed by atoms with Crippen molar-refractivity contribution in [3.05, 3.63) is 34.9 Å². The fourth-order valence-electron chi connectivity index (χ4n) is 1.62. The minimum atomic E-state index is -3.40. The van der Waals surface area contributed by atoms with Crippen LogP contribution in [0.4, 0.5) is 0 Å². The van der Waals surface area contributed by atoms with Crippen LogP contribution < -0.4 is 0 Å². The summed E-state index contributed by atoms with van der Waals surface area (Å²) in [6.45, 7) is 3.69. The SMILES string of the molecule is CCC=Cc1cc(C)c(C(=O)Cl)cc1S(C)(=O)=O. The number of sulfone groups is 1. The van der Waals surface area contributed by atoms with Crippen LogP contribution in [0.3, 0.4) is 0 Å². The lowest BCUT2D eigenvalue weighted by molar-refractivity contribution is 0.108. The Hall–Kier alpha value is -1.13. The number of aryl methyl sites for hydroxylation is 1. The largest absolute Gasteiger partial charge is 0.276 e. The van der Waals surface area contributed by atoms with Gasteiger partial charge in [0.1, 0.15) is 0 Å². The van der Waals surface area contributed by atoms with Crippen molar-refractivity contribution in [3.8, 4) is 0 Å². The first kappa shape index (κ1) is 14.9. The van der Waals surface area contributed by atoms with E-state index in [4.69, 9.17) is 11.6 Å². The Kier molecular flexibility index (Phi) is 4.71. The van der Waals surface area contributed by atoms with E-state index in [2.05, 4.69) is 0 Å². The van der Waals surface area contributed by atoms with Crippen LogP contribution in [0.15, 0.2) is 23.1 Å². The van der Waals surface area contributed by atoms with E-state index < -0.39 is 15.1 Å². The number of hydrogen-bond acceptors (Lipinski definition) is 3. The Labute approximate surface area is 112 Å². The molecule has 0 N–H and O–H groups in total. The number of rotatable bonds is 4. The van der Waals surface area contributed by atoms with Crippen LogP contribution in [-0.2, 0) is 9.84 Å². The van der Waals surface area contributed by atoms with E-state index in [1.54, 1.807) is 19.1 Å². The van der Waals surface area contributed by atoms with Gasteiger partial charge in [0.05, 0.1) is 4.90 Å². The van der Waals surface area contributed by atoms with Crippen molar-refractivity contribution in [1.29, 1.82) is 0 Å². The van der Waals surface area contributed by atoms with E-state index in [1.165, 1.54) is 6.07 Å². The van der Waals surface area contributed by atoms with E-state index >= 15 is 0 Å². The van der Waals surface area contributed by atoms with Gasteiger partial charge in [0.2, 0.25) is 0 Å². The molecule has 3 nitrogen and oxygen atoms in total. The van der Waals surface area contributed by atoms with E-state index in [1.807, 2.05) is 13.0 Å². The predicted octanol–water partition coefficient (Wildman–Crippen LogP) is 3.20. The molecule has 0 aliphatic heterocycles. The van der Waals surface area contributed by atoms with Crippen LogP contribution in [0.1, 0.15) is 34.8 Å². The molecule has 18 heavy (non-hydrogen) atoms. The smallest absolute Gasteiger partial charge is 0.252 e. The lowest BCUT2D eigenvalue weighted by Gasteiger charge is -2.09. The molecule has 0 aliphatic carbocycles. The Bertz CT molecular complexity index is 601. The van der Waals surface area contributed by atoms with Gasteiger partial charge in [-0.25, -0.2) is 8.42 Å². The molecule has 0 bridgehead atoms. The summed E-state index contributed by atoms with van der Waals surface area (Å²) < 4.78 is 23.4. The quantitative estimate of drug-likeness (QED) is 0.799. The minimum Gasteiger partial charge on any atom is -0.276 e. The van der Waals surface area contributed by atoms with Crippen molar-refractivity contribution in [1.82, 2.24) is 0 Å². The average molecular weight is 287 g/mol. The van der Waals surface area contributed by atoms with E-state index in [9.17, 15) is 13.2 Å². The molecule has 0 atom stereocenters. The molecule has 98 valence electrons. The number of halogens is 1. The van der Waals surface area contributed by atoms with Gasteiger partial charge in [0, 0.05) is 11.8 Å². The molecule has 0 aromatic heterocycles. The first-order valence-electron chi connectivity index (χ1n) is 5.48. The van der Waals surface area contributed by atoms with Crippen molar-refractivity contribution < 1.29 is 13.2 Å². The minimum absolute atomic E-state index is 0.127. The zero-order chi connectivity index (χ0) is 13.9. The van der Waals surface area contributed by atoms with Gasteiger partial charge in [-0.2, -0.15) is 0 Å². The second kappa shape index (κ2) is 5.67. The van der Waals surface area contributed by atoms with Crippen molar-refractivity contribution in [2.45, 2.75) is 25.2 Å². The maximum absolute atomic E-state index is 11.7. The zero-order valence-electron chi connectivity index (χ0n) is 10.5. The summed E-state index contributed by atoms with van der Waals surface area (Å²) in [6, 6.07) is 3.01. The van der Waals surface area contributed by atoms with Crippen LogP contribution >= 0.6 is 11.6 Å². The van der Waals surface area contributed by atoms with Crippen molar-refractivity contribution in [2.75, 3.05) is 6.26 Å². The number of benzene rings is 1. The Morgan fingerprint density at radius 2 is 2.00 bits per heavy atom. The molecule has 0 unspecified atom stereocenters. The third kappa shape index (κ3) is 3.43. The summed E-state index contributed by atoms with van der Waals surface area (Å²) in [5, 5.41) is -0.650. The van der Waals surface area contributed by atoms with E-state index in [0.717, 1.165) is 12.7 Å². The molecule has 0 radical (unpaired) electrons. The Morgan fingerprint density at radius 3 is 2.44 bits per heavy atom. The fourth-order valence-corrected chi connectivity index (χ4v) is 2.71. The van der Waals surface area contributed by atoms with Crippen LogP contribution in [-0.4, -0.2) is 19.9 Å². The number of hydrogen-bond donors (Lipinski definition) is 0. The topological polar surface area (TPSA) is 51.2 Å². The first-order valence-corrected chi connectivity index (χ1v) is 7.75. The van der Waals surface area contributed by atoms with Gasteiger partial charge < -0.3 is 0 Å². The molecule has 1 aromatic rings. The summed E-state index contributed by atoms with van der Waals surface area (Å²) in [5.41, 5.74) is 1.47. The summed E-state index contributed by atoms with van der Waals surface area (Å²) in [5.74, 6) is 0. The molecule has 0 spiro atoms. The molecule has 0 amide bonds. The lowest BCUT2D eigenvalue weighted by Crippen LogP contribution is -2.04. The zero-order valence-corrected chi connectivity index (χ0v) is 12.1. The second-order valence-electron chi connectivity index (χ2n) is 4.06. The van der Waals surface area contributed by atoms with Gasteiger partial charge in [-0.15, -0.1) is 0 Å². The standard InChI is InChI=1S/C13H15ClO3S/c1-4-5-6-10-7-9(2)11(13(14)15)8-12(10)18(3,16)17/h5-8H,4H2,1-3H3. The molecule has 0 aliphatic rings. The van der Waals surface area contributed by atoms with Crippen molar-refractivity contribution in [3.63, 3.8) is 0 Å². The van der Waals surface area contributed by atoms with Gasteiger partial charge in [0.15, 0.2) is 9.84 Å². The highest BCUT2D eigenvalue weighted by Gasteiger charge is 2.17. The molecule has 1 rings (SSSR count). The van der Waals surface area contributed by atoms with Crippen LogP contribution in [0.2, 0.25) is 0 Å². The molecule has 0 heterocycles. The highest BCUT2D eigenvalue weighted by molar-refractivity contribution is 7.90. The van der Waals surface area contributed by atoms with Gasteiger partial charge in [-0.1, -0.05) is 19.1 Å². The average Bonchev–Trinajstić information content (AvgIpc) is 2.23. The van der Waals surface area contributed by atoms with Crippen molar-refractivity contribution in [2.24, 2.45) is 0 Å². The summed E-state index contributed by atoms with van der Waals surface area (Å²) in [6.07, 6.45) is 5.53. The van der Waals surface area contributed by atoms with Gasteiger partial charge >= 0.3 is 0 Å². The molecule has 0 saturated heterocycles. The predicted molar refractivity (Wildman–Crippen MR) is 73.8 cm³/mol. The molecular weight excluding hydrogens is 272 g/mol. The summed E-state index contributed by atoms with van der Waals surface area (Å²) in [7, 11) is -3.40. The fraction of sp³-hybridized carbons (Fsp3) is 0.308. The maximum Gasteiger partial charge on any atom is 0.252 e. The molecular formula is C13H15ClO3S. The van der Waals surface area contributed by atoms with Crippen LogP contribution in [0, 0.1) is 6.92 Å². The van der Waals surface area contributed by atoms with Gasteiger partial charge in [-0.05, 0) is 48.2 Å². The first-order chi connectivity index (χ1) is 8.27. The van der Waals surface area contributed by atoms with Crippen molar-refractivity contribution >= 4 is 32.8 Å². The van der Waals surface area contributed by atoms with Gasteiger partial charge in [-0.3, -0.25) is 4.79 Å². The summed E-state index contributed by atoms with van der Waals surface area (Å²) in [4.78, 5) is 11.3. The second-order valence-corrected chi connectivity index (χ2v) is 6.39. The third-order valence-electron chi connectivity index (χ3n) is 2.50. The highest BCUT2D eigenvalue weighted by Crippen LogP contribution is 2.23. The molecule has 5 heteroatoms. The molecule has 0 saturated carbocycles. The monoisotopic (exact) mass is 286 g/mol. The Morgan fingerprint density at radius 1 is 1.39 bits per heavy atom. The maximum atomic E-state index is 11.7. The van der Waals surface area contributed by atoms with Gasteiger partial charge in [0.25, 0.3) is 5.24 Å². The molecule has 1 aromatic carbocycles. The van der Waals surface area contributed by atoms with Crippen LogP contribution in [0.5, 0.6) is 0 Å². The van der Waals surface area contributed by atoms with E-state index in [-0.39, 0.29) is 10.5 Å². The normalized spacial score (nSPS) is 12.0. The van der Waals surface area contributed by atoms with E-state index in [0.29, 0.717) is 11.1 Å². The summed E-state index contributed by atoms with van der Waals surface area (Å²) >= 11 is 5.44.